The van der Waals surface area contributed by atoms with Crippen LogP contribution in [0.1, 0.15) is 51.8 Å². The maximum atomic E-state index is 13.3. The van der Waals surface area contributed by atoms with Gasteiger partial charge in [0.25, 0.3) is 5.91 Å². The molecule has 2 fully saturated rings. The molecule has 1 aliphatic carbocycles. The molecule has 32 heavy (non-hydrogen) atoms. The van der Waals surface area contributed by atoms with Gasteiger partial charge in [0.05, 0.1) is 18.1 Å². The summed E-state index contributed by atoms with van der Waals surface area (Å²) in [5, 5.41) is 2.84. The first-order chi connectivity index (χ1) is 15.1. The SMILES string of the molecule is Cc1cc(C(=O)CN2C(=O)N[C@]3(CCc4ccccc43)C2=O)c(C)n1[C@H]1CCS(=O)(=O)C1. The molecule has 0 bridgehead atoms. The van der Waals surface area contributed by atoms with Gasteiger partial charge >= 0.3 is 6.03 Å². The van der Waals surface area contributed by atoms with Crippen molar-refractivity contribution in [3.05, 3.63) is 58.4 Å². The minimum absolute atomic E-state index is 0.0614. The van der Waals surface area contributed by atoms with Crippen LogP contribution in [0.4, 0.5) is 4.79 Å². The molecule has 8 nitrogen and oxygen atoms in total. The molecule has 0 saturated carbocycles. The van der Waals surface area contributed by atoms with E-state index < -0.39 is 27.3 Å². The van der Waals surface area contributed by atoms with E-state index in [1.165, 1.54) is 0 Å². The zero-order chi connectivity index (χ0) is 22.8. The Morgan fingerprint density at radius 2 is 1.97 bits per heavy atom. The molecule has 3 amide bonds. The fourth-order valence-electron chi connectivity index (χ4n) is 5.56. The molecule has 0 unspecified atom stereocenters. The number of aryl methyl sites for hydroxylation is 2. The third kappa shape index (κ3) is 3.02. The van der Waals surface area contributed by atoms with E-state index in [-0.39, 0.29) is 29.9 Å². The molecule has 3 heterocycles. The largest absolute Gasteiger partial charge is 0.344 e. The number of carbonyl (C=O) groups is 3. The zero-order valence-electron chi connectivity index (χ0n) is 18.1. The Kier molecular flexibility index (Phi) is 4.60. The van der Waals surface area contributed by atoms with Crippen LogP contribution in [0, 0.1) is 13.8 Å². The Labute approximate surface area is 186 Å². The molecule has 5 rings (SSSR count). The van der Waals surface area contributed by atoms with Crippen LogP contribution in [0.2, 0.25) is 0 Å². The lowest BCUT2D eigenvalue weighted by Crippen LogP contribution is -2.42. The van der Waals surface area contributed by atoms with Crippen molar-refractivity contribution in [1.82, 2.24) is 14.8 Å². The highest BCUT2D eigenvalue weighted by Gasteiger charge is 2.55. The first kappa shape index (κ1) is 20.9. The molecule has 1 N–H and O–H groups in total. The number of urea groups is 1. The number of nitrogens with zero attached hydrogens (tertiary/aromatic N) is 2. The van der Waals surface area contributed by atoms with Gasteiger partial charge in [-0.1, -0.05) is 24.3 Å². The molecule has 3 aliphatic rings. The Morgan fingerprint density at radius 3 is 2.69 bits per heavy atom. The number of ketones is 1. The number of hydrogen-bond acceptors (Lipinski definition) is 5. The van der Waals surface area contributed by atoms with Crippen molar-refractivity contribution in [3.8, 4) is 0 Å². The molecule has 2 aromatic rings. The first-order valence-corrected chi connectivity index (χ1v) is 12.6. The maximum Gasteiger partial charge on any atom is 0.325 e. The quantitative estimate of drug-likeness (QED) is 0.561. The third-order valence-corrected chi connectivity index (χ3v) is 8.83. The van der Waals surface area contributed by atoms with Gasteiger partial charge in [-0.2, -0.15) is 0 Å². The van der Waals surface area contributed by atoms with Crippen molar-refractivity contribution in [1.29, 1.82) is 0 Å². The number of Topliss-reactive ketones (excluding diaryl/α,β-unsaturated/α-hetero) is 1. The summed E-state index contributed by atoms with van der Waals surface area (Å²) in [4.78, 5) is 40.2. The predicted octanol–water partition coefficient (Wildman–Crippen LogP) is 2.04. The van der Waals surface area contributed by atoms with Crippen LogP contribution in [0.15, 0.2) is 30.3 Å². The van der Waals surface area contributed by atoms with Gasteiger partial charge in [-0.25, -0.2) is 13.2 Å². The van der Waals surface area contributed by atoms with E-state index >= 15 is 0 Å². The van der Waals surface area contributed by atoms with Gasteiger partial charge in [0.2, 0.25) is 0 Å². The number of imide groups is 1. The highest BCUT2D eigenvalue weighted by atomic mass is 32.2. The van der Waals surface area contributed by atoms with E-state index in [0.29, 0.717) is 30.5 Å². The molecule has 1 aromatic heterocycles. The number of rotatable bonds is 4. The number of nitrogens with one attached hydrogen (secondary N) is 1. The number of carbonyl (C=O) groups excluding carboxylic acids is 3. The highest BCUT2D eigenvalue weighted by molar-refractivity contribution is 7.91. The minimum Gasteiger partial charge on any atom is -0.344 e. The number of amides is 3. The van der Waals surface area contributed by atoms with Crippen LogP contribution in [0.5, 0.6) is 0 Å². The van der Waals surface area contributed by atoms with Gasteiger partial charge in [-0.3, -0.25) is 14.5 Å². The van der Waals surface area contributed by atoms with Crippen LogP contribution >= 0.6 is 0 Å². The normalized spacial score (nSPS) is 26.1. The highest BCUT2D eigenvalue weighted by Crippen LogP contribution is 2.41. The lowest BCUT2D eigenvalue weighted by Gasteiger charge is -2.22. The Hall–Kier alpha value is -2.94. The summed E-state index contributed by atoms with van der Waals surface area (Å²) in [6, 6.07) is 8.53. The smallest absolute Gasteiger partial charge is 0.325 e. The molecule has 1 spiro atoms. The second-order valence-electron chi connectivity index (χ2n) is 9.02. The zero-order valence-corrected chi connectivity index (χ0v) is 18.9. The summed E-state index contributed by atoms with van der Waals surface area (Å²) in [6.45, 7) is 3.28. The standard InChI is InChI=1S/C23H25N3O5S/c1-14-11-18(15(2)26(14)17-8-10-32(30,31)13-17)20(27)12-25-21(28)23(24-22(25)29)9-7-16-5-3-4-6-19(16)23/h3-6,11,17H,7-10,12-13H2,1-2H3,(H,24,29)/t17-,23-/m0/s1. The van der Waals surface area contributed by atoms with E-state index in [2.05, 4.69) is 5.32 Å². The Balaban J connectivity index is 1.40. The van der Waals surface area contributed by atoms with E-state index in [4.69, 9.17) is 0 Å². The summed E-state index contributed by atoms with van der Waals surface area (Å²) < 4.78 is 25.7. The van der Waals surface area contributed by atoms with Crippen LogP contribution in [0.25, 0.3) is 0 Å². The number of benzene rings is 1. The van der Waals surface area contributed by atoms with Crippen molar-refractivity contribution >= 4 is 27.6 Å². The van der Waals surface area contributed by atoms with Crippen molar-refractivity contribution in [2.45, 2.75) is 44.7 Å². The summed E-state index contributed by atoms with van der Waals surface area (Å²) in [7, 11) is -3.07. The number of hydrogen-bond donors (Lipinski definition) is 1. The summed E-state index contributed by atoms with van der Waals surface area (Å²) in [5.74, 6) is -0.524. The molecule has 1 aromatic carbocycles. The summed E-state index contributed by atoms with van der Waals surface area (Å²) in [5.41, 5.74) is 2.62. The Morgan fingerprint density at radius 1 is 1.22 bits per heavy atom. The Bertz CT molecular complexity index is 1280. The van der Waals surface area contributed by atoms with Crippen LogP contribution in [-0.4, -0.2) is 53.7 Å². The molecule has 2 saturated heterocycles. The average Bonchev–Trinajstić information content (AvgIpc) is 3.44. The van der Waals surface area contributed by atoms with Crippen molar-refractivity contribution in [2.75, 3.05) is 18.1 Å². The van der Waals surface area contributed by atoms with E-state index in [0.717, 1.165) is 21.7 Å². The number of fused-ring (bicyclic) bond motifs is 2. The van der Waals surface area contributed by atoms with E-state index in [1.807, 2.05) is 35.8 Å². The second kappa shape index (κ2) is 7.03. The molecular weight excluding hydrogens is 430 g/mol. The van der Waals surface area contributed by atoms with Crippen molar-refractivity contribution in [3.63, 3.8) is 0 Å². The van der Waals surface area contributed by atoms with Gasteiger partial charge in [0, 0.05) is 23.0 Å². The molecular formula is C23H25N3O5S. The first-order valence-electron chi connectivity index (χ1n) is 10.8. The topological polar surface area (TPSA) is 106 Å². The minimum atomic E-state index is -3.07. The molecule has 2 aliphatic heterocycles. The van der Waals surface area contributed by atoms with E-state index in [9.17, 15) is 22.8 Å². The molecule has 168 valence electrons. The lowest BCUT2D eigenvalue weighted by molar-refractivity contribution is -0.131. The lowest BCUT2D eigenvalue weighted by atomic mass is 9.92. The number of sulfone groups is 1. The van der Waals surface area contributed by atoms with Gasteiger partial charge in [0.1, 0.15) is 5.54 Å². The monoisotopic (exact) mass is 455 g/mol. The average molecular weight is 456 g/mol. The van der Waals surface area contributed by atoms with Crippen LogP contribution in [0.3, 0.4) is 0 Å². The fraction of sp³-hybridized carbons (Fsp3) is 0.435. The van der Waals surface area contributed by atoms with Gasteiger partial charge < -0.3 is 9.88 Å². The van der Waals surface area contributed by atoms with Gasteiger partial charge in [-0.15, -0.1) is 0 Å². The van der Waals surface area contributed by atoms with Crippen LogP contribution in [-0.2, 0) is 26.6 Å². The number of aromatic nitrogens is 1. The molecule has 9 heteroatoms. The second-order valence-corrected chi connectivity index (χ2v) is 11.2. The predicted molar refractivity (Wildman–Crippen MR) is 117 cm³/mol. The van der Waals surface area contributed by atoms with Gasteiger partial charge in [0.15, 0.2) is 15.6 Å². The molecule has 0 radical (unpaired) electrons. The third-order valence-electron chi connectivity index (χ3n) is 7.08. The van der Waals surface area contributed by atoms with Crippen LogP contribution < -0.4 is 5.32 Å². The molecule has 2 atom stereocenters. The maximum absolute atomic E-state index is 13.3. The van der Waals surface area contributed by atoms with E-state index in [1.54, 1.807) is 13.0 Å². The van der Waals surface area contributed by atoms with Crippen molar-refractivity contribution < 1.29 is 22.8 Å². The fourth-order valence-corrected chi connectivity index (χ4v) is 7.26. The summed E-state index contributed by atoms with van der Waals surface area (Å²) >= 11 is 0. The van der Waals surface area contributed by atoms with Gasteiger partial charge in [-0.05, 0) is 50.3 Å². The van der Waals surface area contributed by atoms with Crippen molar-refractivity contribution in [2.24, 2.45) is 0 Å². The summed E-state index contributed by atoms with van der Waals surface area (Å²) in [6.07, 6.45) is 1.68.